The van der Waals surface area contributed by atoms with Crippen LogP contribution in [0.15, 0.2) is 48.5 Å². The fourth-order valence-electron chi connectivity index (χ4n) is 2.03. The van der Waals surface area contributed by atoms with Crippen LogP contribution in [0, 0.1) is 5.82 Å². The van der Waals surface area contributed by atoms with Crippen molar-refractivity contribution < 1.29 is 19.1 Å². The van der Waals surface area contributed by atoms with Gasteiger partial charge in [-0.15, -0.1) is 11.3 Å². The van der Waals surface area contributed by atoms with E-state index in [0.717, 1.165) is 10.1 Å². The molecule has 110 valence electrons. The minimum absolute atomic E-state index is 0.247. The van der Waals surface area contributed by atoms with Gasteiger partial charge in [-0.1, -0.05) is 0 Å². The summed E-state index contributed by atoms with van der Waals surface area (Å²) >= 11 is 1.18. The highest BCUT2D eigenvalue weighted by Gasteiger charge is 2.10. The third-order valence-electron chi connectivity index (χ3n) is 3.09. The predicted molar refractivity (Wildman–Crippen MR) is 83.1 cm³/mol. The maximum Gasteiger partial charge on any atom is 0.345 e. The largest absolute Gasteiger partial charge is 0.477 e. The van der Waals surface area contributed by atoms with E-state index in [2.05, 4.69) is 5.32 Å². The number of nitrogens with one attached hydrogen (secondary N) is 1. The summed E-state index contributed by atoms with van der Waals surface area (Å²) in [6, 6.07) is 12.0. The van der Waals surface area contributed by atoms with Crippen molar-refractivity contribution in [1.29, 1.82) is 0 Å². The number of aromatic carboxylic acids is 1. The SMILES string of the molecule is O=C(Nc1ccc2sc(C(=O)O)cc2c1)c1ccc(F)cc1. The van der Waals surface area contributed by atoms with Crippen molar-refractivity contribution in [2.75, 3.05) is 5.32 Å². The third kappa shape index (κ3) is 2.82. The number of rotatable bonds is 3. The van der Waals surface area contributed by atoms with Gasteiger partial charge in [-0.2, -0.15) is 0 Å². The lowest BCUT2D eigenvalue weighted by Gasteiger charge is -2.05. The van der Waals surface area contributed by atoms with Crippen molar-refractivity contribution in [2.45, 2.75) is 0 Å². The Morgan fingerprint density at radius 1 is 1.05 bits per heavy atom. The van der Waals surface area contributed by atoms with E-state index in [1.807, 2.05) is 0 Å². The summed E-state index contributed by atoms with van der Waals surface area (Å²) in [7, 11) is 0. The number of thiophene rings is 1. The molecule has 0 radical (unpaired) electrons. The third-order valence-corrected chi connectivity index (χ3v) is 4.20. The zero-order valence-corrected chi connectivity index (χ0v) is 12.0. The van der Waals surface area contributed by atoms with E-state index in [1.54, 1.807) is 24.3 Å². The number of carboxylic acid groups (broad SMARTS) is 1. The molecule has 3 rings (SSSR count). The Hall–Kier alpha value is -2.73. The number of carboxylic acids is 1. The Morgan fingerprint density at radius 2 is 1.77 bits per heavy atom. The maximum absolute atomic E-state index is 12.8. The molecule has 1 aromatic heterocycles. The first-order valence-corrected chi connectivity index (χ1v) is 7.18. The lowest BCUT2D eigenvalue weighted by atomic mass is 10.2. The van der Waals surface area contributed by atoms with E-state index < -0.39 is 11.8 Å². The van der Waals surface area contributed by atoms with Gasteiger partial charge in [-0.05, 0) is 53.9 Å². The molecule has 0 bridgehead atoms. The molecule has 3 aromatic rings. The van der Waals surface area contributed by atoms with E-state index in [1.165, 1.54) is 35.6 Å². The van der Waals surface area contributed by atoms with Crippen LogP contribution < -0.4 is 5.32 Å². The van der Waals surface area contributed by atoms with Crippen LogP contribution in [-0.4, -0.2) is 17.0 Å². The van der Waals surface area contributed by atoms with E-state index in [-0.39, 0.29) is 10.8 Å². The van der Waals surface area contributed by atoms with Gasteiger partial charge in [0, 0.05) is 16.0 Å². The molecule has 1 heterocycles. The van der Waals surface area contributed by atoms with Gasteiger partial charge in [0.15, 0.2) is 0 Å². The lowest BCUT2D eigenvalue weighted by molar-refractivity contribution is 0.0702. The van der Waals surface area contributed by atoms with Gasteiger partial charge < -0.3 is 10.4 Å². The molecule has 2 N–H and O–H groups in total. The second-order valence-electron chi connectivity index (χ2n) is 4.63. The Balaban J connectivity index is 1.85. The lowest BCUT2D eigenvalue weighted by Crippen LogP contribution is -2.11. The number of benzene rings is 2. The number of carbonyl (C=O) groups excluding carboxylic acids is 1. The minimum Gasteiger partial charge on any atom is -0.477 e. The van der Waals surface area contributed by atoms with Gasteiger partial charge in [-0.3, -0.25) is 4.79 Å². The molecular weight excluding hydrogens is 305 g/mol. The van der Waals surface area contributed by atoms with E-state index in [9.17, 15) is 14.0 Å². The van der Waals surface area contributed by atoms with E-state index in [4.69, 9.17) is 5.11 Å². The predicted octanol–water partition coefficient (Wildman–Crippen LogP) is 3.99. The molecule has 1 amide bonds. The summed E-state index contributed by atoms with van der Waals surface area (Å²) in [5, 5.41) is 12.4. The average Bonchev–Trinajstić information content (AvgIpc) is 2.91. The molecule has 0 saturated heterocycles. The monoisotopic (exact) mass is 315 g/mol. The zero-order chi connectivity index (χ0) is 15.7. The zero-order valence-electron chi connectivity index (χ0n) is 11.2. The maximum atomic E-state index is 12.8. The van der Waals surface area contributed by atoms with Crippen LogP contribution in [0.3, 0.4) is 0 Å². The first kappa shape index (κ1) is 14.2. The summed E-state index contributed by atoms with van der Waals surface area (Å²) in [6.07, 6.45) is 0. The van der Waals surface area contributed by atoms with E-state index >= 15 is 0 Å². The number of halogens is 1. The minimum atomic E-state index is -0.974. The van der Waals surface area contributed by atoms with Crippen LogP contribution >= 0.6 is 11.3 Å². The summed E-state index contributed by atoms with van der Waals surface area (Å²) < 4.78 is 13.7. The molecule has 0 fully saturated rings. The van der Waals surface area contributed by atoms with Crippen molar-refractivity contribution in [3.8, 4) is 0 Å². The van der Waals surface area contributed by atoms with Crippen molar-refractivity contribution in [1.82, 2.24) is 0 Å². The Labute approximate surface area is 128 Å². The molecule has 0 spiro atoms. The number of carbonyl (C=O) groups is 2. The van der Waals surface area contributed by atoms with Crippen molar-refractivity contribution in [3.05, 3.63) is 64.8 Å². The number of anilines is 1. The van der Waals surface area contributed by atoms with Crippen LogP contribution in [-0.2, 0) is 0 Å². The quantitative estimate of drug-likeness (QED) is 0.768. The first-order chi connectivity index (χ1) is 10.5. The van der Waals surface area contributed by atoms with Gasteiger partial charge in [0.25, 0.3) is 5.91 Å². The van der Waals surface area contributed by atoms with Crippen LogP contribution in [0.2, 0.25) is 0 Å². The molecule has 0 saturated carbocycles. The summed E-state index contributed by atoms with van der Waals surface area (Å²) in [6.45, 7) is 0. The van der Waals surface area contributed by atoms with Crippen LogP contribution in [0.25, 0.3) is 10.1 Å². The average molecular weight is 315 g/mol. The fraction of sp³-hybridized carbons (Fsp3) is 0. The normalized spacial score (nSPS) is 10.6. The standard InChI is InChI=1S/C16H10FNO3S/c17-11-3-1-9(2-4-11)15(19)18-12-5-6-13-10(7-12)8-14(22-13)16(20)21/h1-8H,(H,18,19)(H,20,21). The molecule has 4 nitrogen and oxygen atoms in total. The number of amides is 1. The molecule has 6 heteroatoms. The highest BCUT2D eigenvalue weighted by Crippen LogP contribution is 2.28. The van der Waals surface area contributed by atoms with Gasteiger partial charge in [0.2, 0.25) is 0 Å². The molecule has 0 aliphatic rings. The summed E-state index contributed by atoms with van der Waals surface area (Å²) in [5.74, 6) is -1.73. The van der Waals surface area contributed by atoms with Crippen LogP contribution in [0.5, 0.6) is 0 Å². The Morgan fingerprint density at radius 3 is 2.45 bits per heavy atom. The molecule has 0 unspecified atom stereocenters. The van der Waals surface area contributed by atoms with Gasteiger partial charge in [0.1, 0.15) is 10.7 Å². The first-order valence-electron chi connectivity index (χ1n) is 6.37. The number of hydrogen-bond donors (Lipinski definition) is 2. The second kappa shape index (κ2) is 5.57. The van der Waals surface area contributed by atoms with Gasteiger partial charge >= 0.3 is 5.97 Å². The summed E-state index contributed by atoms with van der Waals surface area (Å²) in [5.41, 5.74) is 0.898. The van der Waals surface area contributed by atoms with Gasteiger partial charge in [-0.25, -0.2) is 9.18 Å². The number of hydrogen-bond acceptors (Lipinski definition) is 3. The topological polar surface area (TPSA) is 66.4 Å². The smallest absolute Gasteiger partial charge is 0.345 e. The summed E-state index contributed by atoms with van der Waals surface area (Å²) in [4.78, 5) is 23.3. The van der Waals surface area contributed by atoms with Crippen molar-refractivity contribution in [2.24, 2.45) is 0 Å². The van der Waals surface area contributed by atoms with Crippen LogP contribution in [0.4, 0.5) is 10.1 Å². The molecule has 0 atom stereocenters. The molecule has 0 aliphatic carbocycles. The second-order valence-corrected chi connectivity index (χ2v) is 5.71. The van der Waals surface area contributed by atoms with Gasteiger partial charge in [0.05, 0.1) is 0 Å². The Bertz CT molecular complexity index is 871. The highest BCUT2D eigenvalue weighted by molar-refractivity contribution is 7.20. The Kier molecular flexibility index (Phi) is 3.60. The number of fused-ring (bicyclic) bond motifs is 1. The molecule has 22 heavy (non-hydrogen) atoms. The molecule has 0 aliphatic heterocycles. The molecule has 2 aromatic carbocycles. The van der Waals surface area contributed by atoms with E-state index in [0.29, 0.717) is 11.3 Å². The highest BCUT2D eigenvalue weighted by atomic mass is 32.1. The van der Waals surface area contributed by atoms with Crippen molar-refractivity contribution >= 4 is 39.0 Å². The molecular formula is C16H10FNO3S. The van der Waals surface area contributed by atoms with Crippen LogP contribution in [0.1, 0.15) is 20.0 Å². The van der Waals surface area contributed by atoms with Crippen molar-refractivity contribution in [3.63, 3.8) is 0 Å². The fourth-order valence-corrected chi connectivity index (χ4v) is 2.91.